The van der Waals surface area contributed by atoms with Crippen molar-refractivity contribution in [3.63, 3.8) is 0 Å². The molecule has 0 radical (unpaired) electrons. The molecule has 0 aliphatic carbocycles. The predicted octanol–water partition coefficient (Wildman–Crippen LogP) is 1.78. The summed E-state index contributed by atoms with van der Waals surface area (Å²) in [6.07, 6.45) is 1.85. The zero-order valence-electron chi connectivity index (χ0n) is 9.34. The minimum atomic E-state index is -0.100. The largest absolute Gasteiger partial charge is 0.372 e. The summed E-state index contributed by atoms with van der Waals surface area (Å²) in [5.74, 6) is 0. The maximum Gasteiger partial charge on any atom is 0.323 e. The molecule has 1 aliphatic heterocycles. The molecule has 6 heteroatoms. The Hall–Kier alpha value is -1.14. The molecule has 1 N–H and O–H groups in total. The van der Waals surface area contributed by atoms with Gasteiger partial charge in [0.05, 0.1) is 12.2 Å². The van der Waals surface area contributed by atoms with Gasteiger partial charge in [-0.2, -0.15) is 0 Å². The van der Waals surface area contributed by atoms with Gasteiger partial charge in [0, 0.05) is 24.7 Å². The number of urea groups is 1. The quantitative estimate of drug-likeness (QED) is 0.815. The van der Waals surface area contributed by atoms with E-state index >= 15 is 0 Å². The van der Waals surface area contributed by atoms with Gasteiger partial charge in [0.25, 0.3) is 0 Å². The summed E-state index contributed by atoms with van der Waals surface area (Å²) >= 11 is 1.42. The third kappa shape index (κ3) is 2.70. The number of anilines is 1. The van der Waals surface area contributed by atoms with Crippen LogP contribution in [0.25, 0.3) is 0 Å². The van der Waals surface area contributed by atoms with E-state index in [1.807, 2.05) is 19.2 Å². The molecule has 5 nitrogen and oxygen atoms in total. The van der Waals surface area contributed by atoms with Crippen LogP contribution in [-0.4, -0.2) is 41.2 Å². The number of aromatic nitrogens is 1. The summed E-state index contributed by atoms with van der Waals surface area (Å²) in [5, 5.41) is 5.24. The van der Waals surface area contributed by atoms with Crippen molar-refractivity contribution in [3.05, 3.63) is 11.6 Å². The molecule has 0 saturated carbocycles. The smallest absolute Gasteiger partial charge is 0.323 e. The van der Waals surface area contributed by atoms with E-state index < -0.39 is 0 Å². The van der Waals surface area contributed by atoms with Crippen molar-refractivity contribution in [2.45, 2.75) is 26.1 Å². The average molecular weight is 241 g/mol. The molecule has 1 aromatic rings. The zero-order chi connectivity index (χ0) is 11.5. The van der Waals surface area contributed by atoms with Crippen LogP contribution in [0, 0.1) is 0 Å². The Morgan fingerprint density at radius 3 is 2.81 bits per heavy atom. The maximum atomic E-state index is 11.9. The van der Waals surface area contributed by atoms with Gasteiger partial charge < -0.3 is 9.64 Å². The van der Waals surface area contributed by atoms with Crippen LogP contribution in [0.3, 0.4) is 0 Å². The van der Waals surface area contributed by atoms with E-state index in [0.29, 0.717) is 18.2 Å². The lowest BCUT2D eigenvalue weighted by atomic mass is 10.2. The highest BCUT2D eigenvalue weighted by atomic mass is 32.1. The molecule has 2 amide bonds. The second kappa shape index (κ2) is 4.80. The molecule has 2 heterocycles. The molecule has 1 aromatic heterocycles. The molecule has 2 atom stereocenters. The van der Waals surface area contributed by atoms with E-state index in [1.54, 1.807) is 11.1 Å². The molecule has 0 aromatic carbocycles. The Kier molecular flexibility index (Phi) is 3.40. The zero-order valence-corrected chi connectivity index (χ0v) is 10.2. The van der Waals surface area contributed by atoms with E-state index in [9.17, 15) is 4.79 Å². The number of hydrogen-bond acceptors (Lipinski definition) is 4. The highest BCUT2D eigenvalue weighted by Crippen LogP contribution is 2.14. The summed E-state index contributed by atoms with van der Waals surface area (Å²) in [5.41, 5.74) is 0. The number of carbonyl (C=O) groups excluding carboxylic acids is 1. The maximum absolute atomic E-state index is 11.9. The number of ether oxygens (including phenoxy) is 1. The van der Waals surface area contributed by atoms with Crippen LogP contribution in [0.4, 0.5) is 9.93 Å². The lowest BCUT2D eigenvalue weighted by Crippen LogP contribution is -2.49. The standard InChI is InChI=1S/C10H15N3O2S/c1-7-5-13(6-8(2)15-7)10(14)12-9-11-3-4-16-9/h3-4,7-8H,5-6H2,1-2H3,(H,11,12,14). The summed E-state index contributed by atoms with van der Waals surface area (Å²) in [4.78, 5) is 17.7. The van der Waals surface area contributed by atoms with Gasteiger partial charge in [-0.25, -0.2) is 9.78 Å². The van der Waals surface area contributed by atoms with Crippen LogP contribution in [-0.2, 0) is 4.74 Å². The Morgan fingerprint density at radius 1 is 1.56 bits per heavy atom. The third-order valence-corrected chi connectivity index (χ3v) is 3.04. The summed E-state index contributed by atoms with van der Waals surface area (Å²) in [7, 11) is 0. The molecule has 0 bridgehead atoms. The molecule has 1 aliphatic rings. The van der Waals surface area contributed by atoms with Crippen molar-refractivity contribution >= 4 is 22.5 Å². The van der Waals surface area contributed by atoms with Crippen LogP contribution in [0.5, 0.6) is 0 Å². The van der Waals surface area contributed by atoms with Crippen LogP contribution >= 0.6 is 11.3 Å². The number of amides is 2. The number of nitrogens with one attached hydrogen (secondary N) is 1. The molecule has 1 saturated heterocycles. The predicted molar refractivity (Wildman–Crippen MR) is 62.7 cm³/mol. The first-order valence-corrected chi connectivity index (χ1v) is 6.14. The number of morpholine rings is 1. The van der Waals surface area contributed by atoms with Crippen molar-refractivity contribution in [2.24, 2.45) is 0 Å². The van der Waals surface area contributed by atoms with Gasteiger partial charge in [-0.3, -0.25) is 5.32 Å². The minimum absolute atomic E-state index is 0.0887. The van der Waals surface area contributed by atoms with Gasteiger partial charge in [-0.1, -0.05) is 0 Å². The van der Waals surface area contributed by atoms with Gasteiger partial charge in [-0.15, -0.1) is 11.3 Å². The highest BCUT2D eigenvalue weighted by molar-refractivity contribution is 7.13. The van der Waals surface area contributed by atoms with Crippen LogP contribution in [0.1, 0.15) is 13.8 Å². The van der Waals surface area contributed by atoms with Crippen molar-refractivity contribution in [1.29, 1.82) is 0 Å². The van der Waals surface area contributed by atoms with Crippen LogP contribution in [0.2, 0.25) is 0 Å². The average Bonchev–Trinajstić information content (AvgIpc) is 2.68. The third-order valence-electron chi connectivity index (χ3n) is 2.35. The fourth-order valence-corrected chi connectivity index (χ4v) is 2.32. The number of thiazole rings is 1. The van der Waals surface area contributed by atoms with Gasteiger partial charge >= 0.3 is 6.03 Å². The fraction of sp³-hybridized carbons (Fsp3) is 0.600. The first-order chi connectivity index (χ1) is 7.65. The van der Waals surface area contributed by atoms with Crippen molar-refractivity contribution in [2.75, 3.05) is 18.4 Å². The molecular weight excluding hydrogens is 226 g/mol. The van der Waals surface area contributed by atoms with Gasteiger partial charge in [0.15, 0.2) is 5.13 Å². The number of carbonyl (C=O) groups is 1. The monoisotopic (exact) mass is 241 g/mol. The van der Waals surface area contributed by atoms with Gasteiger partial charge in [0.1, 0.15) is 0 Å². The SMILES string of the molecule is CC1CN(C(=O)Nc2nccs2)CC(C)O1. The fourth-order valence-electron chi connectivity index (χ4n) is 1.80. The molecule has 0 spiro atoms. The molecular formula is C10H15N3O2S. The Bertz CT molecular complexity index is 345. The molecule has 1 fully saturated rings. The van der Waals surface area contributed by atoms with E-state index in [-0.39, 0.29) is 18.2 Å². The van der Waals surface area contributed by atoms with E-state index in [4.69, 9.17) is 4.74 Å². The van der Waals surface area contributed by atoms with Crippen molar-refractivity contribution in [1.82, 2.24) is 9.88 Å². The summed E-state index contributed by atoms with van der Waals surface area (Å²) in [6, 6.07) is -0.100. The Morgan fingerprint density at radius 2 is 2.25 bits per heavy atom. The van der Waals surface area contributed by atoms with Crippen molar-refractivity contribution < 1.29 is 9.53 Å². The number of nitrogens with zero attached hydrogens (tertiary/aromatic N) is 2. The number of hydrogen-bond donors (Lipinski definition) is 1. The van der Waals surface area contributed by atoms with Crippen LogP contribution in [0.15, 0.2) is 11.6 Å². The van der Waals surface area contributed by atoms with E-state index in [2.05, 4.69) is 10.3 Å². The van der Waals surface area contributed by atoms with Crippen LogP contribution < -0.4 is 5.32 Å². The van der Waals surface area contributed by atoms with Gasteiger partial charge in [-0.05, 0) is 13.8 Å². The topological polar surface area (TPSA) is 54.5 Å². The Labute approximate surface area is 98.4 Å². The lowest BCUT2D eigenvalue weighted by Gasteiger charge is -2.34. The molecule has 16 heavy (non-hydrogen) atoms. The Balaban J connectivity index is 1.94. The minimum Gasteiger partial charge on any atom is -0.372 e. The summed E-state index contributed by atoms with van der Waals surface area (Å²) < 4.78 is 5.57. The van der Waals surface area contributed by atoms with Gasteiger partial charge in [0.2, 0.25) is 0 Å². The second-order valence-electron chi connectivity index (χ2n) is 3.93. The molecule has 2 unspecified atom stereocenters. The molecule has 2 rings (SSSR count). The van der Waals surface area contributed by atoms with E-state index in [0.717, 1.165) is 0 Å². The normalized spacial score (nSPS) is 25.5. The van der Waals surface area contributed by atoms with E-state index in [1.165, 1.54) is 11.3 Å². The number of rotatable bonds is 1. The first-order valence-electron chi connectivity index (χ1n) is 5.26. The summed E-state index contributed by atoms with van der Waals surface area (Å²) in [6.45, 7) is 5.20. The molecule has 88 valence electrons. The second-order valence-corrected chi connectivity index (χ2v) is 4.82. The highest BCUT2D eigenvalue weighted by Gasteiger charge is 2.26. The first kappa shape index (κ1) is 11.3. The lowest BCUT2D eigenvalue weighted by molar-refractivity contribution is -0.0530. The van der Waals surface area contributed by atoms with Crippen molar-refractivity contribution in [3.8, 4) is 0 Å².